The van der Waals surface area contributed by atoms with Gasteiger partial charge >= 0.3 is 0 Å². The van der Waals surface area contributed by atoms with Gasteiger partial charge in [-0.05, 0) is 73.2 Å². The van der Waals surface area contributed by atoms with Crippen LogP contribution in [0.1, 0.15) is 12.0 Å². The lowest BCUT2D eigenvalue weighted by Crippen LogP contribution is -2.28. The third-order valence-electron chi connectivity index (χ3n) is 3.61. The van der Waals surface area contributed by atoms with Crippen LogP contribution >= 0.6 is 47.8 Å². The highest BCUT2D eigenvalue weighted by Gasteiger charge is 2.19. The van der Waals surface area contributed by atoms with Gasteiger partial charge in [0.05, 0.1) is 9.99 Å². The average Bonchev–Trinajstić information content (AvgIpc) is 2.71. The number of fused-ring (bicyclic) bond motifs is 1. The molecule has 1 aliphatic heterocycles. The fourth-order valence-corrected chi connectivity index (χ4v) is 4.16. The molecule has 1 saturated heterocycles. The SMILES string of the molecule is Cc1c(Br)c(Br)c2nc(N3CCCNCC3)[nH]c2c1Br. The molecule has 0 saturated carbocycles. The smallest absolute Gasteiger partial charge is 0.203 e. The van der Waals surface area contributed by atoms with Gasteiger partial charge in [0.15, 0.2) is 0 Å². The maximum atomic E-state index is 4.78. The number of aromatic nitrogens is 2. The summed E-state index contributed by atoms with van der Waals surface area (Å²) < 4.78 is 3.12. The lowest BCUT2D eigenvalue weighted by atomic mass is 10.2. The highest BCUT2D eigenvalue weighted by atomic mass is 79.9. The third-order valence-corrected chi connectivity index (χ3v) is 6.90. The van der Waals surface area contributed by atoms with Crippen molar-refractivity contribution < 1.29 is 0 Å². The van der Waals surface area contributed by atoms with Crippen molar-refractivity contribution >= 4 is 64.8 Å². The summed E-state index contributed by atoms with van der Waals surface area (Å²) in [7, 11) is 0. The van der Waals surface area contributed by atoms with E-state index in [1.165, 1.54) is 0 Å². The van der Waals surface area contributed by atoms with Crippen molar-refractivity contribution in [1.82, 2.24) is 15.3 Å². The van der Waals surface area contributed by atoms with Crippen molar-refractivity contribution in [1.29, 1.82) is 0 Å². The van der Waals surface area contributed by atoms with E-state index in [9.17, 15) is 0 Å². The molecule has 2 heterocycles. The minimum atomic E-state index is 0.947. The first-order valence-electron chi connectivity index (χ1n) is 6.58. The van der Waals surface area contributed by atoms with Crippen LogP contribution in [0.5, 0.6) is 0 Å². The number of halogens is 3. The second-order valence-corrected chi connectivity index (χ2v) is 7.32. The molecule has 2 aromatic rings. The molecule has 1 aromatic heterocycles. The first-order valence-corrected chi connectivity index (χ1v) is 8.96. The van der Waals surface area contributed by atoms with E-state index in [0.717, 1.165) is 68.6 Å². The van der Waals surface area contributed by atoms with E-state index in [4.69, 9.17) is 4.98 Å². The first-order chi connectivity index (χ1) is 9.59. The van der Waals surface area contributed by atoms with Crippen LogP contribution in [0.15, 0.2) is 13.4 Å². The third kappa shape index (κ3) is 2.53. The Morgan fingerprint density at radius 3 is 2.65 bits per heavy atom. The molecule has 0 unspecified atom stereocenters. The molecule has 4 nitrogen and oxygen atoms in total. The van der Waals surface area contributed by atoms with Crippen molar-refractivity contribution in [3.05, 3.63) is 19.0 Å². The summed E-state index contributed by atoms with van der Waals surface area (Å²) >= 11 is 10.9. The maximum Gasteiger partial charge on any atom is 0.203 e. The van der Waals surface area contributed by atoms with Gasteiger partial charge in [-0.3, -0.25) is 0 Å². The number of nitrogens with zero attached hydrogens (tertiary/aromatic N) is 2. The van der Waals surface area contributed by atoms with Gasteiger partial charge in [0, 0.05) is 28.6 Å². The second kappa shape index (κ2) is 5.94. The topological polar surface area (TPSA) is 44.0 Å². The zero-order chi connectivity index (χ0) is 14.3. The normalized spacial score (nSPS) is 16.7. The number of anilines is 1. The van der Waals surface area contributed by atoms with E-state index < -0.39 is 0 Å². The lowest BCUT2D eigenvalue weighted by molar-refractivity contribution is 0.724. The molecule has 1 aromatic carbocycles. The summed E-state index contributed by atoms with van der Waals surface area (Å²) in [5.41, 5.74) is 3.17. The van der Waals surface area contributed by atoms with Crippen molar-refractivity contribution in [2.75, 3.05) is 31.1 Å². The Bertz CT molecular complexity index is 600. The largest absolute Gasteiger partial charge is 0.341 e. The van der Waals surface area contributed by atoms with Crippen LogP contribution in [0.25, 0.3) is 11.0 Å². The molecule has 0 aliphatic carbocycles. The van der Waals surface area contributed by atoms with Gasteiger partial charge in [-0.1, -0.05) is 0 Å². The Labute approximate surface area is 143 Å². The highest BCUT2D eigenvalue weighted by Crippen LogP contribution is 2.39. The van der Waals surface area contributed by atoms with Crippen molar-refractivity contribution in [2.24, 2.45) is 0 Å². The molecule has 7 heteroatoms. The van der Waals surface area contributed by atoms with Crippen LogP contribution in [0, 0.1) is 6.92 Å². The predicted octanol–water partition coefficient (Wildman–Crippen LogP) is 3.96. The Kier molecular flexibility index (Phi) is 4.40. The summed E-state index contributed by atoms with van der Waals surface area (Å²) in [6, 6.07) is 0. The van der Waals surface area contributed by atoms with E-state index in [0.29, 0.717) is 0 Å². The van der Waals surface area contributed by atoms with Crippen LogP contribution in [0.4, 0.5) is 5.95 Å². The van der Waals surface area contributed by atoms with Gasteiger partial charge in [-0.15, -0.1) is 0 Å². The van der Waals surface area contributed by atoms with Gasteiger partial charge in [-0.2, -0.15) is 0 Å². The zero-order valence-electron chi connectivity index (χ0n) is 11.1. The monoisotopic (exact) mass is 464 g/mol. The molecule has 0 bridgehead atoms. The number of H-pyrrole nitrogens is 1. The minimum Gasteiger partial charge on any atom is -0.341 e. The zero-order valence-corrected chi connectivity index (χ0v) is 15.8. The van der Waals surface area contributed by atoms with Gasteiger partial charge in [-0.25, -0.2) is 4.98 Å². The fourth-order valence-electron chi connectivity index (χ4n) is 2.44. The molecule has 20 heavy (non-hydrogen) atoms. The Morgan fingerprint density at radius 1 is 1.05 bits per heavy atom. The van der Waals surface area contributed by atoms with Crippen LogP contribution in [-0.2, 0) is 0 Å². The van der Waals surface area contributed by atoms with Crippen LogP contribution in [0.3, 0.4) is 0 Å². The highest BCUT2D eigenvalue weighted by molar-refractivity contribution is 9.13. The second-order valence-electron chi connectivity index (χ2n) is 4.94. The first kappa shape index (κ1) is 14.8. The molecule has 1 fully saturated rings. The van der Waals surface area contributed by atoms with Crippen molar-refractivity contribution in [2.45, 2.75) is 13.3 Å². The van der Waals surface area contributed by atoms with Crippen LogP contribution in [0.2, 0.25) is 0 Å². The van der Waals surface area contributed by atoms with Gasteiger partial charge < -0.3 is 15.2 Å². The Balaban J connectivity index is 2.10. The van der Waals surface area contributed by atoms with Crippen molar-refractivity contribution in [3.63, 3.8) is 0 Å². The standard InChI is InChI=1S/C13H15Br3N4/c1-7-8(14)10(16)12-11(9(7)15)18-13(19-12)20-5-2-3-17-4-6-20/h17H,2-6H2,1H3,(H,18,19). The molecule has 0 radical (unpaired) electrons. The van der Waals surface area contributed by atoms with Crippen molar-refractivity contribution in [3.8, 4) is 0 Å². The summed E-state index contributed by atoms with van der Waals surface area (Å²) in [4.78, 5) is 10.5. The molecule has 0 atom stereocenters. The van der Waals surface area contributed by atoms with E-state index in [2.05, 4.69) is 69.9 Å². The fraction of sp³-hybridized carbons (Fsp3) is 0.462. The number of benzene rings is 1. The van der Waals surface area contributed by atoms with E-state index in [-0.39, 0.29) is 0 Å². The Morgan fingerprint density at radius 2 is 1.85 bits per heavy atom. The van der Waals surface area contributed by atoms with E-state index in [1.807, 2.05) is 0 Å². The number of nitrogens with one attached hydrogen (secondary N) is 2. The number of rotatable bonds is 1. The Hall–Kier alpha value is -0.110. The van der Waals surface area contributed by atoms with Crippen LogP contribution < -0.4 is 10.2 Å². The summed E-state index contributed by atoms with van der Waals surface area (Å²) in [6.07, 6.45) is 1.14. The molecular weight excluding hydrogens is 452 g/mol. The number of aromatic amines is 1. The van der Waals surface area contributed by atoms with Gasteiger partial charge in [0.25, 0.3) is 0 Å². The molecule has 0 amide bonds. The summed E-state index contributed by atoms with van der Waals surface area (Å²) in [6.45, 7) is 6.17. The number of hydrogen-bond donors (Lipinski definition) is 2. The quantitative estimate of drug-likeness (QED) is 0.625. The maximum absolute atomic E-state index is 4.78. The molecule has 1 aliphatic rings. The van der Waals surface area contributed by atoms with E-state index >= 15 is 0 Å². The average molecular weight is 467 g/mol. The molecular formula is C13H15Br3N4. The van der Waals surface area contributed by atoms with E-state index in [1.54, 1.807) is 0 Å². The summed E-state index contributed by atoms with van der Waals surface area (Å²) in [5, 5.41) is 3.41. The van der Waals surface area contributed by atoms with Crippen LogP contribution in [-0.4, -0.2) is 36.1 Å². The lowest BCUT2D eigenvalue weighted by Gasteiger charge is -2.18. The molecule has 0 spiro atoms. The van der Waals surface area contributed by atoms with Gasteiger partial charge in [0.1, 0.15) is 5.52 Å². The molecule has 3 rings (SSSR count). The minimum absolute atomic E-state index is 0.947. The molecule has 2 N–H and O–H groups in total. The summed E-state index contributed by atoms with van der Waals surface area (Å²) in [5.74, 6) is 0.947. The predicted molar refractivity (Wildman–Crippen MR) is 93.6 cm³/mol. The number of imidazole rings is 1. The molecule has 108 valence electrons. The number of hydrogen-bond acceptors (Lipinski definition) is 3. The van der Waals surface area contributed by atoms with Gasteiger partial charge in [0.2, 0.25) is 5.95 Å².